The molecule has 3 nitrogen and oxygen atoms in total. The summed E-state index contributed by atoms with van der Waals surface area (Å²) in [5, 5.41) is 3.56. The molecule has 0 unspecified atom stereocenters. The number of nitrogens with two attached hydrogens (primary N) is 1. The van der Waals surface area contributed by atoms with Crippen molar-refractivity contribution in [2.45, 2.75) is 52.4 Å². The van der Waals surface area contributed by atoms with Gasteiger partial charge in [0, 0.05) is 18.3 Å². The molecule has 0 spiro atoms. The van der Waals surface area contributed by atoms with E-state index in [1.54, 1.807) is 0 Å². The van der Waals surface area contributed by atoms with Crippen LogP contribution in [0.4, 0.5) is 11.4 Å². The number of nitrogens with one attached hydrogen (secondary N) is 1. The van der Waals surface area contributed by atoms with Crippen molar-refractivity contribution in [3.63, 3.8) is 0 Å². The van der Waals surface area contributed by atoms with Crippen molar-refractivity contribution in [3.05, 3.63) is 18.2 Å². The molecule has 0 atom stereocenters. The van der Waals surface area contributed by atoms with E-state index in [-0.39, 0.29) is 0 Å². The Morgan fingerprint density at radius 1 is 1.14 bits per heavy atom. The summed E-state index contributed by atoms with van der Waals surface area (Å²) in [4.78, 5) is 0. The first-order chi connectivity index (χ1) is 10.2. The molecule has 1 aromatic carbocycles. The molecule has 118 valence electrons. The fourth-order valence-corrected chi connectivity index (χ4v) is 3.09. The lowest BCUT2D eigenvalue weighted by Crippen LogP contribution is -2.21. The summed E-state index contributed by atoms with van der Waals surface area (Å²) in [6, 6.07) is 6.01. The molecular weight excluding hydrogens is 260 g/mol. The van der Waals surface area contributed by atoms with E-state index in [0.29, 0.717) is 6.61 Å². The summed E-state index contributed by atoms with van der Waals surface area (Å²) in [6.45, 7) is 6.20. The summed E-state index contributed by atoms with van der Waals surface area (Å²) in [5.41, 5.74) is 7.79. The highest BCUT2D eigenvalue weighted by Crippen LogP contribution is 2.31. The highest BCUT2D eigenvalue weighted by molar-refractivity contribution is 5.61. The molecule has 0 saturated heterocycles. The highest BCUT2D eigenvalue weighted by atomic mass is 16.5. The van der Waals surface area contributed by atoms with E-state index in [1.165, 1.54) is 32.1 Å². The third kappa shape index (κ3) is 4.83. The SMILES string of the molecule is CCCOc1cc(NCC2CCC(CC)CC2)ccc1N. The monoisotopic (exact) mass is 290 g/mol. The number of hydrogen-bond acceptors (Lipinski definition) is 3. The minimum absolute atomic E-state index is 0.717. The summed E-state index contributed by atoms with van der Waals surface area (Å²) < 4.78 is 5.68. The summed E-state index contributed by atoms with van der Waals surface area (Å²) in [7, 11) is 0. The second-order valence-electron chi connectivity index (χ2n) is 6.28. The van der Waals surface area contributed by atoms with Gasteiger partial charge in [-0.25, -0.2) is 0 Å². The maximum absolute atomic E-state index is 5.95. The van der Waals surface area contributed by atoms with Gasteiger partial charge in [0.15, 0.2) is 0 Å². The Bertz CT molecular complexity index is 425. The fraction of sp³-hybridized carbons (Fsp3) is 0.667. The Kier molecular flexibility index (Phi) is 6.21. The first kappa shape index (κ1) is 16.0. The van der Waals surface area contributed by atoms with Gasteiger partial charge in [0.05, 0.1) is 12.3 Å². The average Bonchev–Trinajstić information content (AvgIpc) is 2.53. The zero-order valence-corrected chi connectivity index (χ0v) is 13.5. The van der Waals surface area contributed by atoms with Gasteiger partial charge in [-0.2, -0.15) is 0 Å². The number of anilines is 2. The van der Waals surface area contributed by atoms with Crippen molar-refractivity contribution in [1.82, 2.24) is 0 Å². The minimum atomic E-state index is 0.717. The Morgan fingerprint density at radius 3 is 2.52 bits per heavy atom. The number of rotatable bonds is 7. The zero-order chi connectivity index (χ0) is 15.1. The molecule has 1 aromatic rings. The predicted octanol–water partition coefficient (Wildman–Crippen LogP) is 4.69. The van der Waals surface area contributed by atoms with Gasteiger partial charge >= 0.3 is 0 Å². The molecule has 3 heteroatoms. The molecule has 0 aliphatic heterocycles. The van der Waals surface area contributed by atoms with Crippen LogP contribution in [0.25, 0.3) is 0 Å². The largest absolute Gasteiger partial charge is 0.491 e. The third-order valence-corrected chi connectivity index (χ3v) is 4.61. The van der Waals surface area contributed by atoms with Crippen molar-refractivity contribution in [2.24, 2.45) is 11.8 Å². The predicted molar refractivity (Wildman–Crippen MR) is 90.9 cm³/mol. The van der Waals surface area contributed by atoms with Crippen LogP contribution in [-0.4, -0.2) is 13.2 Å². The molecule has 21 heavy (non-hydrogen) atoms. The maximum Gasteiger partial charge on any atom is 0.144 e. The van der Waals surface area contributed by atoms with E-state index in [2.05, 4.69) is 19.2 Å². The molecule has 2 rings (SSSR count). The van der Waals surface area contributed by atoms with E-state index in [0.717, 1.165) is 41.9 Å². The highest BCUT2D eigenvalue weighted by Gasteiger charge is 2.19. The van der Waals surface area contributed by atoms with Gasteiger partial charge in [0.25, 0.3) is 0 Å². The lowest BCUT2D eigenvalue weighted by molar-refractivity contribution is 0.278. The first-order valence-corrected chi connectivity index (χ1v) is 8.49. The molecule has 1 saturated carbocycles. The van der Waals surface area contributed by atoms with Crippen LogP contribution in [-0.2, 0) is 0 Å². The van der Waals surface area contributed by atoms with E-state index < -0.39 is 0 Å². The smallest absolute Gasteiger partial charge is 0.144 e. The third-order valence-electron chi connectivity index (χ3n) is 4.61. The summed E-state index contributed by atoms with van der Waals surface area (Å²) in [5.74, 6) is 2.58. The average molecular weight is 290 g/mol. The van der Waals surface area contributed by atoms with Crippen molar-refractivity contribution < 1.29 is 4.74 Å². The molecule has 0 heterocycles. The Morgan fingerprint density at radius 2 is 1.86 bits per heavy atom. The van der Waals surface area contributed by atoms with Crippen LogP contribution in [0.2, 0.25) is 0 Å². The molecule has 0 amide bonds. The Hall–Kier alpha value is -1.38. The van der Waals surface area contributed by atoms with Crippen LogP contribution < -0.4 is 15.8 Å². The number of nitrogen functional groups attached to an aromatic ring is 1. The number of ether oxygens (including phenoxy) is 1. The van der Waals surface area contributed by atoms with Gasteiger partial charge in [-0.3, -0.25) is 0 Å². The van der Waals surface area contributed by atoms with Crippen molar-refractivity contribution in [2.75, 3.05) is 24.2 Å². The van der Waals surface area contributed by atoms with Crippen LogP contribution in [0.3, 0.4) is 0 Å². The van der Waals surface area contributed by atoms with E-state index >= 15 is 0 Å². The van der Waals surface area contributed by atoms with Crippen molar-refractivity contribution in [1.29, 1.82) is 0 Å². The second kappa shape index (κ2) is 8.16. The van der Waals surface area contributed by atoms with Gasteiger partial charge in [0.1, 0.15) is 5.75 Å². The first-order valence-electron chi connectivity index (χ1n) is 8.49. The molecule has 1 aliphatic carbocycles. The summed E-state index contributed by atoms with van der Waals surface area (Å²) in [6.07, 6.45) is 7.86. The van der Waals surface area contributed by atoms with E-state index in [9.17, 15) is 0 Å². The standard InChI is InChI=1S/C18H30N2O/c1-3-11-21-18-12-16(9-10-17(18)19)20-13-15-7-5-14(4-2)6-8-15/h9-10,12,14-15,20H,3-8,11,13,19H2,1-2H3. The maximum atomic E-state index is 5.95. The van der Waals surface area contributed by atoms with Crippen LogP contribution in [0, 0.1) is 11.8 Å². The summed E-state index contributed by atoms with van der Waals surface area (Å²) >= 11 is 0. The number of hydrogen-bond donors (Lipinski definition) is 2. The van der Waals surface area contributed by atoms with Crippen LogP contribution in [0.1, 0.15) is 52.4 Å². The quantitative estimate of drug-likeness (QED) is 0.716. The van der Waals surface area contributed by atoms with Crippen LogP contribution in [0.5, 0.6) is 5.75 Å². The van der Waals surface area contributed by atoms with Crippen LogP contribution >= 0.6 is 0 Å². The van der Waals surface area contributed by atoms with Crippen LogP contribution in [0.15, 0.2) is 18.2 Å². The van der Waals surface area contributed by atoms with Gasteiger partial charge in [-0.15, -0.1) is 0 Å². The lowest BCUT2D eigenvalue weighted by atomic mass is 9.81. The molecular formula is C18H30N2O. The van der Waals surface area contributed by atoms with Gasteiger partial charge in [-0.1, -0.05) is 33.1 Å². The van der Waals surface area contributed by atoms with Crippen molar-refractivity contribution >= 4 is 11.4 Å². The topological polar surface area (TPSA) is 47.3 Å². The minimum Gasteiger partial charge on any atom is -0.491 e. The molecule has 0 aromatic heterocycles. The Labute approximate surface area is 129 Å². The van der Waals surface area contributed by atoms with E-state index in [1.807, 2.05) is 18.2 Å². The van der Waals surface area contributed by atoms with Gasteiger partial charge in [0.2, 0.25) is 0 Å². The molecule has 0 radical (unpaired) electrons. The molecule has 1 fully saturated rings. The lowest BCUT2D eigenvalue weighted by Gasteiger charge is -2.28. The molecule has 3 N–H and O–H groups in total. The fourth-order valence-electron chi connectivity index (χ4n) is 3.09. The van der Waals surface area contributed by atoms with E-state index in [4.69, 9.17) is 10.5 Å². The van der Waals surface area contributed by atoms with Gasteiger partial charge < -0.3 is 15.8 Å². The van der Waals surface area contributed by atoms with Crippen molar-refractivity contribution in [3.8, 4) is 5.75 Å². The van der Waals surface area contributed by atoms with Gasteiger partial charge in [-0.05, 0) is 43.2 Å². The Balaban J connectivity index is 1.83. The molecule has 1 aliphatic rings. The zero-order valence-electron chi connectivity index (χ0n) is 13.5. The normalized spacial score (nSPS) is 22.0. The second-order valence-corrected chi connectivity index (χ2v) is 6.28. The molecule has 0 bridgehead atoms. The number of benzene rings is 1.